The molecule has 3 aromatic rings. The van der Waals surface area contributed by atoms with Crippen molar-refractivity contribution in [3.8, 4) is 0 Å². The van der Waals surface area contributed by atoms with Crippen molar-refractivity contribution in [2.75, 3.05) is 13.7 Å². The molecule has 0 radical (unpaired) electrons. The Bertz CT molecular complexity index is 916. The molecule has 136 valence electrons. The van der Waals surface area contributed by atoms with Gasteiger partial charge < -0.3 is 4.74 Å². The molecule has 0 bridgehead atoms. The summed E-state index contributed by atoms with van der Waals surface area (Å²) in [7, 11) is -2.45. The number of esters is 1. The minimum Gasteiger partial charge on any atom is -0.465 e. The molecule has 0 aliphatic rings. The predicted molar refractivity (Wildman–Crippen MR) is 97.7 cm³/mol. The molecule has 2 aromatic heterocycles. The van der Waals surface area contributed by atoms with Crippen LogP contribution in [0.3, 0.4) is 0 Å². The number of sulfonamides is 1. The molecule has 0 aliphatic heterocycles. The van der Waals surface area contributed by atoms with E-state index in [1.54, 1.807) is 23.1 Å². The first-order chi connectivity index (χ1) is 12.5. The summed E-state index contributed by atoms with van der Waals surface area (Å²) in [5, 5.41) is 8.12. The maximum Gasteiger partial charge on any atom is 0.337 e. The zero-order valence-electron chi connectivity index (χ0n) is 13.9. The average Bonchev–Trinajstić information content (AvgIpc) is 3.36. The van der Waals surface area contributed by atoms with Gasteiger partial charge in [0.2, 0.25) is 10.0 Å². The molecule has 1 N–H and O–H groups in total. The van der Waals surface area contributed by atoms with Gasteiger partial charge >= 0.3 is 5.97 Å². The molecule has 3 rings (SSSR count). The zero-order valence-corrected chi connectivity index (χ0v) is 15.5. The maximum absolute atomic E-state index is 12.6. The van der Waals surface area contributed by atoms with E-state index in [1.807, 2.05) is 16.8 Å². The van der Waals surface area contributed by atoms with Crippen molar-refractivity contribution in [2.24, 2.45) is 0 Å². The van der Waals surface area contributed by atoms with Crippen molar-refractivity contribution in [1.82, 2.24) is 14.5 Å². The molecular weight excluding hydrogens is 374 g/mol. The summed E-state index contributed by atoms with van der Waals surface area (Å²) in [5.74, 6) is -0.516. The Labute approximate surface area is 155 Å². The van der Waals surface area contributed by atoms with E-state index in [4.69, 9.17) is 0 Å². The Balaban J connectivity index is 1.77. The van der Waals surface area contributed by atoms with E-state index in [1.165, 1.54) is 42.7 Å². The summed E-state index contributed by atoms with van der Waals surface area (Å²) in [6.07, 6.45) is 3.45. The fraction of sp³-hybridized carbons (Fsp3) is 0.176. The molecule has 0 aliphatic carbocycles. The number of thiophene rings is 1. The number of rotatable bonds is 7. The molecule has 0 amide bonds. The van der Waals surface area contributed by atoms with Gasteiger partial charge in [0, 0.05) is 18.9 Å². The zero-order chi connectivity index (χ0) is 18.6. The van der Waals surface area contributed by atoms with Crippen LogP contribution in [0, 0.1) is 0 Å². The van der Waals surface area contributed by atoms with Gasteiger partial charge in [0.25, 0.3) is 0 Å². The van der Waals surface area contributed by atoms with E-state index >= 15 is 0 Å². The molecular formula is C17H17N3O4S2. The molecule has 1 atom stereocenters. The first-order valence-corrected chi connectivity index (χ1v) is 10.1. The fourth-order valence-corrected chi connectivity index (χ4v) is 4.20. The van der Waals surface area contributed by atoms with Crippen LogP contribution in [0.15, 0.2) is 64.4 Å². The van der Waals surface area contributed by atoms with Crippen molar-refractivity contribution in [2.45, 2.75) is 10.9 Å². The van der Waals surface area contributed by atoms with Gasteiger partial charge in [-0.2, -0.15) is 16.4 Å². The molecule has 0 spiro atoms. The third-order valence-electron chi connectivity index (χ3n) is 3.82. The monoisotopic (exact) mass is 391 g/mol. The highest BCUT2D eigenvalue weighted by atomic mass is 32.2. The van der Waals surface area contributed by atoms with Gasteiger partial charge in [0.15, 0.2) is 0 Å². The van der Waals surface area contributed by atoms with Gasteiger partial charge in [-0.25, -0.2) is 17.9 Å². The third kappa shape index (κ3) is 4.01. The highest BCUT2D eigenvalue weighted by Crippen LogP contribution is 2.20. The number of carbonyl (C=O) groups is 1. The second-order valence-corrected chi connectivity index (χ2v) is 7.97. The lowest BCUT2D eigenvalue weighted by molar-refractivity contribution is 0.0600. The van der Waals surface area contributed by atoms with Crippen LogP contribution in [-0.2, 0) is 14.8 Å². The standard InChI is InChI=1S/C17H17N3O4S2/c1-24-17(21)13-3-5-15(6-4-13)26(22,23)19-11-16(14-7-10-25-12-14)20-9-2-8-18-20/h2-10,12,16,19H,11H2,1H3/t16-/m1/s1. The number of ether oxygens (including phenoxy) is 1. The van der Waals surface area contributed by atoms with E-state index in [0.717, 1.165) is 5.56 Å². The van der Waals surface area contributed by atoms with Crippen LogP contribution in [0.5, 0.6) is 0 Å². The highest BCUT2D eigenvalue weighted by molar-refractivity contribution is 7.89. The van der Waals surface area contributed by atoms with Crippen molar-refractivity contribution in [3.63, 3.8) is 0 Å². The van der Waals surface area contributed by atoms with Crippen molar-refractivity contribution >= 4 is 27.3 Å². The van der Waals surface area contributed by atoms with Crippen LogP contribution in [0.4, 0.5) is 0 Å². The number of aromatic nitrogens is 2. The number of carbonyl (C=O) groups excluding carboxylic acids is 1. The largest absolute Gasteiger partial charge is 0.465 e. The lowest BCUT2D eigenvalue weighted by Gasteiger charge is -2.17. The quantitative estimate of drug-likeness (QED) is 0.624. The normalized spacial score (nSPS) is 12.7. The van der Waals surface area contributed by atoms with Crippen LogP contribution >= 0.6 is 11.3 Å². The molecule has 1 aromatic carbocycles. The minimum atomic E-state index is -3.73. The van der Waals surface area contributed by atoms with Gasteiger partial charge in [0.05, 0.1) is 23.6 Å². The average molecular weight is 391 g/mol. The number of hydrogen-bond donors (Lipinski definition) is 1. The Morgan fingerprint density at radius 2 is 2.08 bits per heavy atom. The number of methoxy groups -OCH3 is 1. The molecule has 0 fully saturated rings. The Hall–Kier alpha value is -2.49. The molecule has 0 saturated carbocycles. The highest BCUT2D eigenvalue weighted by Gasteiger charge is 2.20. The van der Waals surface area contributed by atoms with Crippen LogP contribution in [0.2, 0.25) is 0 Å². The van der Waals surface area contributed by atoms with Crippen molar-refractivity contribution < 1.29 is 17.9 Å². The Kier molecular flexibility index (Phi) is 5.50. The SMILES string of the molecule is COC(=O)c1ccc(S(=O)(=O)NC[C@H](c2ccsc2)n2cccn2)cc1. The maximum atomic E-state index is 12.6. The predicted octanol–water partition coefficient (Wildman–Crippen LogP) is 2.30. The Morgan fingerprint density at radius 3 is 2.65 bits per heavy atom. The summed E-state index contributed by atoms with van der Waals surface area (Å²) in [5.41, 5.74) is 1.27. The third-order valence-corrected chi connectivity index (χ3v) is 5.97. The summed E-state index contributed by atoms with van der Waals surface area (Å²) in [4.78, 5) is 11.5. The summed E-state index contributed by atoms with van der Waals surface area (Å²) >= 11 is 1.54. The second-order valence-electron chi connectivity index (χ2n) is 5.43. The molecule has 0 unspecified atom stereocenters. The molecule has 9 heteroatoms. The Morgan fingerprint density at radius 1 is 1.31 bits per heavy atom. The van der Waals surface area contributed by atoms with Crippen LogP contribution in [0.1, 0.15) is 22.0 Å². The van der Waals surface area contributed by atoms with E-state index in [2.05, 4.69) is 14.6 Å². The van der Waals surface area contributed by atoms with Crippen LogP contribution < -0.4 is 4.72 Å². The summed E-state index contributed by atoms with van der Waals surface area (Å²) in [6, 6.07) is 9.08. The molecule has 26 heavy (non-hydrogen) atoms. The van der Waals surface area contributed by atoms with E-state index < -0.39 is 16.0 Å². The summed E-state index contributed by atoms with van der Waals surface area (Å²) < 4.78 is 34.1. The number of nitrogens with one attached hydrogen (secondary N) is 1. The van der Waals surface area contributed by atoms with Crippen LogP contribution in [-0.4, -0.2) is 37.8 Å². The summed E-state index contributed by atoms with van der Waals surface area (Å²) in [6.45, 7) is 0.152. The first-order valence-electron chi connectivity index (χ1n) is 7.70. The smallest absolute Gasteiger partial charge is 0.337 e. The van der Waals surface area contributed by atoms with E-state index in [0.29, 0.717) is 5.56 Å². The van der Waals surface area contributed by atoms with Gasteiger partial charge in [-0.15, -0.1) is 0 Å². The lowest BCUT2D eigenvalue weighted by atomic mass is 10.1. The number of hydrogen-bond acceptors (Lipinski definition) is 6. The molecule has 7 nitrogen and oxygen atoms in total. The van der Waals surface area contributed by atoms with E-state index in [9.17, 15) is 13.2 Å². The van der Waals surface area contributed by atoms with Crippen LogP contribution in [0.25, 0.3) is 0 Å². The van der Waals surface area contributed by atoms with Gasteiger partial charge in [-0.05, 0) is 52.7 Å². The molecule has 2 heterocycles. The van der Waals surface area contributed by atoms with Crippen molar-refractivity contribution in [1.29, 1.82) is 0 Å². The molecule has 0 saturated heterocycles. The van der Waals surface area contributed by atoms with Gasteiger partial charge in [-0.1, -0.05) is 0 Å². The topological polar surface area (TPSA) is 90.3 Å². The van der Waals surface area contributed by atoms with Gasteiger partial charge in [-0.3, -0.25) is 4.68 Å². The fourth-order valence-electron chi connectivity index (χ4n) is 2.45. The second kappa shape index (κ2) is 7.81. The lowest BCUT2D eigenvalue weighted by Crippen LogP contribution is -2.31. The van der Waals surface area contributed by atoms with E-state index in [-0.39, 0.29) is 17.5 Å². The number of benzene rings is 1. The number of nitrogens with zero attached hydrogens (tertiary/aromatic N) is 2. The first kappa shape index (κ1) is 18.3. The minimum absolute atomic E-state index is 0.0784. The van der Waals surface area contributed by atoms with Crippen molar-refractivity contribution in [3.05, 3.63) is 70.7 Å². The van der Waals surface area contributed by atoms with Gasteiger partial charge in [0.1, 0.15) is 0 Å².